The second-order valence-corrected chi connectivity index (χ2v) is 4.76. The van der Waals surface area contributed by atoms with E-state index in [1.54, 1.807) is 0 Å². The van der Waals surface area contributed by atoms with Crippen LogP contribution in [0.2, 0.25) is 0 Å². The van der Waals surface area contributed by atoms with E-state index in [-0.39, 0.29) is 0 Å². The maximum absolute atomic E-state index is 4.68. The molecular formula is C14H15N4+. The molecule has 4 rings (SSSR count). The maximum Gasteiger partial charge on any atom is 0.228 e. The van der Waals surface area contributed by atoms with Crippen molar-refractivity contribution in [1.82, 2.24) is 4.98 Å². The van der Waals surface area contributed by atoms with Gasteiger partial charge in [0.15, 0.2) is 5.69 Å². The molecular weight excluding hydrogens is 224 g/mol. The molecule has 2 aliphatic heterocycles. The molecule has 1 aromatic heterocycles. The van der Waals surface area contributed by atoms with Crippen molar-refractivity contribution in [3.05, 3.63) is 36.2 Å². The van der Waals surface area contributed by atoms with Gasteiger partial charge in [-0.2, -0.15) is 0 Å². The van der Waals surface area contributed by atoms with Crippen molar-refractivity contribution < 1.29 is 4.57 Å². The van der Waals surface area contributed by atoms with Crippen molar-refractivity contribution in [1.29, 1.82) is 0 Å². The van der Waals surface area contributed by atoms with Crippen molar-refractivity contribution >= 4 is 11.5 Å². The van der Waals surface area contributed by atoms with Gasteiger partial charge in [0.2, 0.25) is 12.1 Å². The number of anilines is 2. The molecule has 0 atom stereocenters. The van der Waals surface area contributed by atoms with E-state index < -0.39 is 0 Å². The zero-order chi connectivity index (χ0) is 11.9. The van der Waals surface area contributed by atoms with Crippen molar-refractivity contribution in [3.8, 4) is 11.3 Å². The Labute approximate surface area is 106 Å². The van der Waals surface area contributed by atoms with E-state index in [2.05, 4.69) is 44.5 Å². The number of nitrogens with one attached hydrogen (secondary N) is 2. The van der Waals surface area contributed by atoms with E-state index in [0.717, 1.165) is 31.7 Å². The van der Waals surface area contributed by atoms with E-state index in [1.165, 1.54) is 22.6 Å². The molecule has 0 radical (unpaired) electrons. The molecule has 3 heterocycles. The van der Waals surface area contributed by atoms with Crippen molar-refractivity contribution in [3.63, 3.8) is 0 Å². The Hall–Kier alpha value is -2.10. The van der Waals surface area contributed by atoms with Gasteiger partial charge in [-0.15, -0.1) is 4.98 Å². The lowest BCUT2D eigenvalue weighted by atomic mass is 10.0. The molecule has 0 saturated carbocycles. The van der Waals surface area contributed by atoms with Gasteiger partial charge in [-0.1, -0.05) is 12.1 Å². The van der Waals surface area contributed by atoms with E-state index in [0.29, 0.717) is 0 Å². The summed E-state index contributed by atoms with van der Waals surface area (Å²) >= 11 is 0. The zero-order valence-electron chi connectivity index (χ0n) is 10.1. The molecule has 2 aromatic rings. The van der Waals surface area contributed by atoms with Gasteiger partial charge in [-0.25, -0.2) is 4.57 Å². The first-order valence-corrected chi connectivity index (χ1v) is 6.42. The summed E-state index contributed by atoms with van der Waals surface area (Å²) in [5.74, 6) is 1.25. The SMILES string of the molecule is c1ccc2c(c1)NCCc1c-2nc[n+]2c1NCC2. The molecule has 0 saturated heterocycles. The first-order valence-electron chi connectivity index (χ1n) is 6.42. The summed E-state index contributed by atoms with van der Waals surface area (Å²) in [6.45, 7) is 2.99. The molecule has 1 aromatic carbocycles. The van der Waals surface area contributed by atoms with E-state index in [4.69, 9.17) is 0 Å². The molecule has 2 aliphatic rings. The van der Waals surface area contributed by atoms with Gasteiger partial charge in [-0.3, -0.25) is 0 Å². The first-order chi connectivity index (χ1) is 8.93. The van der Waals surface area contributed by atoms with Gasteiger partial charge >= 0.3 is 0 Å². The molecule has 0 bridgehead atoms. The number of fused-ring (bicyclic) bond motifs is 5. The average Bonchev–Trinajstić information content (AvgIpc) is 2.80. The number of aromatic nitrogens is 2. The highest BCUT2D eigenvalue weighted by atomic mass is 15.2. The molecule has 0 unspecified atom stereocenters. The van der Waals surface area contributed by atoms with Crippen molar-refractivity contribution in [2.24, 2.45) is 0 Å². The van der Waals surface area contributed by atoms with Gasteiger partial charge in [0, 0.05) is 17.8 Å². The molecule has 0 amide bonds. The summed E-state index contributed by atoms with van der Waals surface area (Å²) in [6.07, 6.45) is 2.97. The molecule has 18 heavy (non-hydrogen) atoms. The smallest absolute Gasteiger partial charge is 0.228 e. The molecule has 0 aliphatic carbocycles. The monoisotopic (exact) mass is 239 g/mol. The Morgan fingerprint density at radius 1 is 1.11 bits per heavy atom. The topological polar surface area (TPSA) is 40.8 Å². The van der Waals surface area contributed by atoms with Gasteiger partial charge < -0.3 is 10.6 Å². The normalized spacial score (nSPS) is 15.8. The Balaban J connectivity index is 2.00. The Morgan fingerprint density at radius 3 is 3.06 bits per heavy atom. The third kappa shape index (κ3) is 1.32. The predicted molar refractivity (Wildman–Crippen MR) is 70.6 cm³/mol. The summed E-state index contributed by atoms with van der Waals surface area (Å²) in [5, 5.41) is 6.97. The minimum atomic E-state index is 0.963. The van der Waals surface area contributed by atoms with Gasteiger partial charge in [0.25, 0.3) is 0 Å². The minimum Gasteiger partial charge on any atom is -0.384 e. The van der Waals surface area contributed by atoms with Crippen molar-refractivity contribution in [2.45, 2.75) is 13.0 Å². The number of nitrogens with zero attached hydrogens (tertiary/aromatic N) is 2. The van der Waals surface area contributed by atoms with Crippen LogP contribution in [0.1, 0.15) is 5.56 Å². The number of benzene rings is 1. The molecule has 4 heteroatoms. The van der Waals surface area contributed by atoms with Gasteiger partial charge in [-0.05, 0) is 18.6 Å². The molecule has 4 nitrogen and oxygen atoms in total. The second kappa shape index (κ2) is 3.70. The lowest BCUT2D eigenvalue weighted by Crippen LogP contribution is -2.32. The quantitative estimate of drug-likeness (QED) is 0.683. The lowest BCUT2D eigenvalue weighted by molar-refractivity contribution is -0.673. The predicted octanol–water partition coefficient (Wildman–Crippen LogP) is 1.43. The summed E-state index contributed by atoms with van der Waals surface area (Å²) in [4.78, 5) is 4.68. The molecule has 90 valence electrons. The number of hydrogen-bond donors (Lipinski definition) is 2. The van der Waals surface area contributed by atoms with Crippen molar-refractivity contribution in [2.75, 3.05) is 23.7 Å². The Bertz CT molecular complexity index is 621. The zero-order valence-corrected chi connectivity index (χ0v) is 10.1. The highest BCUT2D eigenvalue weighted by Gasteiger charge is 2.27. The standard InChI is InChI=1S/C14H14N4/c1-2-4-12-10(3-1)13-11(5-6-15-12)14-16-7-8-18(14)9-17-13/h1-4,9H,5-8H2,(H,15,16)/p+1. The third-order valence-corrected chi connectivity index (χ3v) is 3.70. The summed E-state index contributed by atoms with van der Waals surface area (Å²) in [5.41, 5.74) is 4.86. The fourth-order valence-electron chi connectivity index (χ4n) is 2.86. The minimum absolute atomic E-state index is 0.963. The first kappa shape index (κ1) is 9.88. The average molecular weight is 239 g/mol. The van der Waals surface area contributed by atoms with E-state index in [1.807, 2.05) is 6.33 Å². The van der Waals surface area contributed by atoms with E-state index >= 15 is 0 Å². The summed E-state index contributed by atoms with van der Waals surface area (Å²) < 4.78 is 2.22. The maximum atomic E-state index is 4.68. The van der Waals surface area contributed by atoms with Crippen LogP contribution in [0.25, 0.3) is 11.3 Å². The summed E-state index contributed by atoms with van der Waals surface area (Å²) in [7, 11) is 0. The second-order valence-electron chi connectivity index (χ2n) is 4.76. The van der Waals surface area contributed by atoms with Crippen LogP contribution in [0.4, 0.5) is 11.5 Å². The largest absolute Gasteiger partial charge is 0.384 e. The van der Waals surface area contributed by atoms with E-state index in [9.17, 15) is 0 Å². The lowest BCUT2D eigenvalue weighted by Gasteiger charge is -2.06. The van der Waals surface area contributed by atoms with Crippen LogP contribution in [0, 0.1) is 0 Å². The highest BCUT2D eigenvalue weighted by molar-refractivity contribution is 5.80. The molecule has 2 N–H and O–H groups in total. The van der Waals surface area contributed by atoms with Crippen LogP contribution in [-0.4, -0.2) is 18.1 Å². The fourth-order valence-corrected chi connectivity index (χ4v) is 2.86. The number of rotatable bonds is 0. The van der Waals surface area contributed by atoms with Gasteiger partial charge in [0.05, 0.1) is 12.1 Å². The molecule has 0 spiro atoms. The Morgan fingerprint density at radius 2 is 2.06 bits per heavy atom. The Kier molecular flexibility index (Phi) is 2.03. The van der Waals surface area contributed by atoms with Crippen LogP contribution in [-0.2, 0) is 13.0 Å². The highest BCUT2D eigenvalue weighted by Crippen LogP contribution is 2.33. The fraction of sp³-hybridized carbons (Fsp3) is 0.286. The number of para-hydroxylation sites is 1. The van der Waals surface area contributed by atoms with Crippen LogP contribution in [0.3, 0.4) is 0 Å². The van der Waals surface area contributed by atoms with Crippen LogP contribution >= 0.6 is 0 Å². The van der Waals surface area contributed by atoms with Crippen LogP contribution in [0.5, 0.6) is 0 Å². The summed E-state index contributed by atoms with van der Waals surface area (Å²) in [6, 6.07) is 8.41. The van der Waals surface area contributed by atoms with Crippen LogP contribution < -0.4 is 15.2 Å². The van der Waals surface area contributed by atoms with Gasteiger partial charge in [0.1, 0.15) is 6.54 Å². The third-order valence-electron chi connectivity index (χ3n) is 3.70. The number of hydrogen-bond acceptors (Lipinski definition) is 3. The molecule has 0 fully saturated rings. The van der Waals surface area contributed by atoms with Crippen LogP contribution in [0.15, 0.2) is 30.6 Å².